The Hall–Kier alpha value is -2.94. The molecule has 1 N–H and O–H groups in total. The Kier molecular flexibility index (Phi) is 6.19. The van der Waals surface area contributed by atoms with Crippen molar-refractivity contribution >= 4 is 10.9 Å². The number of rotatable bonds is 7. The molecule has 1 aliphatic heterocycles. The fourth-order valence-electron chi connectivity index (χ4n) is 4.37. The number of nitrogens with one attached hydrogen (secondary N) is 1. The van der Waals surface area contributed by atoms with E-state index >= 15 is 0 Å². The van der Waals surface area contributed by atoms with Crippen LogP contribution in [0.3, 0.4) is 0 Å². The van der Waals surface area contributed by atoms with E-state index in [9.17, 15) is 4.79 Å². The van der Waals surface area contributed by atoms with E-state index in [0.717, 1.165) is 37.7 Å². The lowest BCUT2D eigenvalue weighted by molar-refractivity contribution is 0.167. The summed E-state index contributed by atoms with van der Waals surface area (Å²) < 4.78 is 12.8. The summed E-state index contributed by atoms with van der Waals surface area (Å²) in [4.78, 5) is 18.7. The van der Waals surface area contributed by atoms with E-state index in [0.29, 0.717) is 28.4 Å². The second kappa shape index (κ2) is 8.90. The highest BCUT2D eigenvalue weighted by atomic mass is 16.5. The van der Waals surface area contributed by atoms with Gasteiger partial charge in [-0.05, 0) is 68.8 Å². The van der Waals surface area contributed by atoms with Crippen LogP contribution in [0.4, 0.5) is 0 Å². The lowest BCUT2D eigenvalue weighted by Gasteiger charge is -2.35. The van der Waals surface area contributed by atoms with Crippen LogP contribution in [0.5, 0.6) is 11.5 Å². The molecule has 0 amide bonds. The van der Waals surface area contributed by atoms with Crippen molar-refractivity contribution in [2.45, 2.75) is 58.0 Å². The number of aromatic amines is 1. The molecule has 0 saturated carbocycles. The quantitative estimate of drug-likeness (QED) is 0.602. The molecular formula is C23H32N6O3. The van der Waals surface area contributed by atoms with Crippen molar-refractivity contribution in [1.29, 1.82) is 0 Å². The lowest BCUT2D eigenvalue weighted by atomic mass is 9.98. The van der Waals surface area contributed by atoms with E-state index in [2.05, 4.69) is 46.2 Å². The van der Waals surface area contributed by atoms with Crippen molar-refractivity contribution in [1.82, 2.24) is 30.1 Å². The zero-order valence-corrected chi connectivity index (χ0v) is 19.5. The van der Waals surface area contributed by atoms with Crippen LogP contribution >= 0.6 is 0 Å². The van der Waals surface area contributed by atoms with E-state index in [1.807, 2.05) is 16.8 Å². The number of aromatic nitrogens is 5. The number of fused-ring (bicyclic) bond motifs is 1. The smallest absolute Gasteiger partial charge is 0.253 e. The van der Waals surface area contributed by atoms with Gasteiger partial charge in [0.15, 0.2) is 17.3 Å². The van der Waals surface area contributed by atoms with Crippen molar-refractivity contribution in [2.75, 3.05) is 27.3 Å². The Morgan fingerprint density at radius 1 is 1.09 bits per heavy atom. The number of H-pyrrole nitrogens is 1. The highest BCUT2D eigenvalue weighted by molar-refractivity contribution is 5.83. The fraction of sp³-hybridized carbons (Fsp3) is 0.565. The van der Waals surface area contributed by atoms with Gasteiger partial charge in [0.1, 0.15) is 6.04 Å². The maximum atomic E-state index is 13.4. The van der Waals surface area contributed by atoms with Gasteiger partial charge in [0.05, 0.1) is 25.3 Å². The highest BCUT2D eigenvalue weighted by Crippen LogP contribution is 2.35. The number of tetrazole rings is 1. The first-order valence-corrected chi connectivity index (χ1v) is 11.2. The first-order chi connectivity index (χ1) is 15.4. The maximum Gasteiger partial charge on any atom is 0.253 e. The average molecular weight is 441 g/mol. The van der Waals surface area contributed by atoms with Crippen LogP contribution in [0, 0.1) is 0 Å². The van der Waals surface area contributed by atoms with Crippen LogP contribution in [-0.2, 0) is 5.54 Å². The van der Waals surface area contributed by atoms with Gasteiger partial charge in [-0.25, -0.2) is 4.68 Å². The zero-order chi connectivity index (χ0) is 22.9. The minimum absolute atomic E-state index is 0.149. The highest BCUT2D eigenvalue weighted by Gasteiger charge is 2.34. The molecule has 3 heterocycles. The average Bonchev–Trinajstić information content (AvgIpc) is 3.30. The second-order valence-electron chi connectivity index (χ2n) is 8.96. The molecule has 3 aromatic rings. The van der Waals surface area contributed by atoms with Crippen molar-refractivity contribution < 1.29 is 9.47 Å². The molecule has 2 aromatic heterocycles. The van der Waals surface area contributed by atoms with E-state index in [1.54, 1.807) is 20.3 Å². The Morgan fingerprint density at radius 3 is 2.44 bits per heavy atom. The molecule has 1 unspecified atom stereocenters. The van der Waals surface area contributed by atoms with Crippen molar-refractivity contribution in [3.63, 3.8) is 0 Å². The summed E-state index contributed by atoms with van der Waals surface area (Å²) in [5.41, 5.74) is 0.911. The van der Waals surface area contributed by atoms with Gasteiger partial charge in [0.2, 0.25) is 0 Å². The molecule has 1 saturated heterocycles. The van der Waals surface area contributed by atoms with E-state index in [1.165, 1.54) is 6.42 Å². The summed E-state index contributed by atoms with van der Waals surface area (Å²) >= 11 is 0. The monoisotopic (exact) mass is 440 g/mol. The molecule has 0 bridgehead atoms. The van der Waals surface area contributed by atoms with Gasteiger partial charge in [-0.15, -0.1) is 5.10 Å². The second-order valence-corrected chi connectivity index (χ2v) is 8.96. The molecule has 0 aliphatic carbocycles. The summed E-state index contributed by atoms with van der Waals surface area (Å²) in [5.74, 6) is 1.89. The summed E-state index contributed by atoms with van der Waals surface area (Å²) in [6.07, 6.45) is 4.24. The number of hydrogen-bond donors (Lipinski definition) is 1. The third kappa shape index (κ3) is 3.97. The summed E-state index contributed by atoms with van der Waals surface area (Å²) in [5, 5.41) is 13.6. The molecular weight excluding hydrogens is 408 g/mol. The predicted molar refractivity (Wildman–Crippen MR) is 122 cm³/mol. The number of methoxy groups -OCH3 is 2. The van der Waals surface area contributed by atoms with Gasteiger partial charge in [0, 0.05) is 17.0 Å². The van der Waals surface area contributed by atoms with Crippen molar-refractivity contribution in [2.24, 2.45) is 0 Å². The van der Waals surface area contributed by atoms with Crippen LogP contribution in [0.15, 0.2) is 23.0 Å². The van der Waals surface area contributed by atoms with Gasteiger partial charge in [0.25, 0.3) is 5.56 Å². The number of likely N-dealkylation sites (tertiary alicyclic amines) is 1. The van der Waals surface area contributed by atoms with Crippen molar-refractivity contribution in [3.05, 3.63) is 39.9 Å². The standard InChI is InChI=1S/C23H32N6O3/c1-6-23(2,3)29-21(25-26-27-29)20(28-10-8-7-9-11-28)16-12-15-13-18(31-4)19(32-5)14-17(15)24-22(16)30/h12-14,20H,6-11H2,1-5H3,(H,24,30). The molecule has 1 aromatic carbocycles. The van der Waals surface area contributed by atoms with Gasteiger partial charge < -0.3 is 14.5 Å². The number of piperidine rings is 1. The van der Waals surface area contributed by atoms with Crippen LogP contribution in [0.2, 0.25) is 0 Å². The summed E-state index contributed by atoms with van der Waals surface area (Å²) in [6.45, 7) is 8.13. The van der Waals surface area contributed by atoms with E-state index in [4.69, 9.17) is 9.47 Å². The van der Waals surface area contributed by atoms with Gasteiger partial charge in [-0.3, -0.25) is 9.69 Å². The van der Waals surface area contributed by atoms with Crippen molar-refractivity contribution in [3.8, 4) is 11.5 Å². The number of pyridine rings is 1. The Morgan fingerprint density at radius 2 is 1.78 bits per heavy atom. The molecule has 32 heavy (non-hydrogen) atoms. The summed E-state index contributed by atoms with van der Waals surface area (Å²) in [7, 11) is 3.19. The van der Waals surface area contributed by atoms with Gasteiger partial charge >= 0.3 is 0 Å². The Bertz CT molecular complexity index is 1150. The number of benzene rings is 1. The van der Waals surface area contributed by atoms with Crippen LogP contribution < -0.4 is 15.0 Å². The summed E-state index contributed by atoms with van der Waals surface area (Å²) in [6, 6.07) is 5.28. The van der Waals surface area contributed by atoms with Crippen LogP contribution in [0.25, 0.3) is 10.9 Å². The molecule has 1 aliphatic rings. The maximum absolute atomic E-state index is 13.4. The Labute approximate surface area is 187 Å². The fourth-order valence-corrected chi connectivity index (χ4v) is 4.37. The van der Waals surface area contributed by atoms with Gasteiger partial charge in [-0.1, -0.05) is 13.3 Å². The molecule has 9 nitrogen and oxygen atoms in total. The van der Waals surface area contributed by atoms with Gasteiger partial charge in [-0.2, -0.15) is 0 Å². The molecule has 9 heteroatoms. The van der Waals surface area contributed by atoms with Crippen LogP contribution in [0.1, 0.15) is 63.9 Å². The molecule has 0 radical (unpaired) electrons. The van der Waals surface area contributed by atoms with E-state index < -0.39 is 0 Å². The zero-order valence-electron chi connectivity index (χ0n) is 19.5. The molecule has 172 valence electrons. The normalized spacial score (nSPS) is 16.3. The molecule has 0 spiro atoms. The minimum atomic E-state index is -0.336. The lowest BCUT2D eigenvalue weighted by Crippen LogP contribution is -2.40. The molecule has 4 rings (SSSR count). The topological polar surface area (TPSA) is 98.2 Å². The third-order valence-corrected chi connectivity index (χ3v) is 6.60. The number of ether oxygens (including phenoxy) is 2. The van der Waals surface area contributed by atoms with Crippen LogP contribution in [-0.4, -0.2) is 57.4 Å². The number of nitrogens with zero attached hydrogens (tertiary/aromatic N) is 5. The Balaban J connectivity index is 1.91. The SMILES string of the molecule is CCC(C)(C)n1nnnc1C(c1cc2cc(OC)c(OC)cc2[nH]c1=O)N1CCCCC1. The van der Waals surface area contributed by atoms with E-state index in [-0.39, 0.29) is 17.1 Å². The minimum Gasteiger partial charge on any atom is -0.493 e. The first-order valence-electron chi connectivity index (χ1n) is 11.2. The third-order valence-electron chi connectivity index (χ3n) is 6.60. The molecule has 1 atom stereocenters. The predicted octanol–water partition coefficient (Wildman–Crippen LogP) is 3.25. The largest absolute Gasteiger partial charge is 0.493 e. The number of hydrogen-bond acceptors (Lipinski definition) is 7. The first kappa shape index (κ1) is 22.3. The molecule has 1 fully saturated rings.